The predicted molar refractivity (Wildman–Crippen MR) is 78.8 cm³/mol. The van der Waals surface area contributed by atoms with Crippen molar-refractivity contribution in [1.29, 1.82) is 0 Å². The molecule has 106 valence electrons. The summed E-state index contributed by atoms with van der Waals surface area (Å²) < 4.78 is 11.2. The number of hydrogen-bond acceptors (Lipinski definition) is 5. The Morgan fingerprint density at radius 1 is 1.10 bits per heavy atom. The van der Waals surface area contributed by atoms with E-state index >= 15 is 0 Å². The first-order valence-corrected chi connectivity index (χ1v) is 6.53. The molecule has 1 aromatic carbocycles. The van der Waals surface area contributed by atoms with Gasteiger partial charge in [-0.05, 0) is 31.2 Å². The zero-order chi connectivity index (χ0) is 14.2. The van der Waals surface area contributed by atoms with Crippen molar-refractivity contribution in [1.82, 2.24) is 4.98 Å². The Hall–Kier alpha value is -2.27. The highest BCUT2D eigenvalue weighted by molar-refractivity contribution is 5.48. The number of rotatable bonds is 7. The number of anilines is 1. The van der Waals surface area contributed by atoms with E-state index in [0.717, 1.165) is 12.2 Å². The molecule has 3 N–H and O–H groups in total. The molecule has 5 nitrogen and oxygen atoms in total. The largest absolute Gasteiger partial charge is 0.493 e. The lowest BCUT2D eigenvalue weighted by atomic mass is 10.2. The van der Waals surface area contributed by atoms with Gasteiger partial charge in [0.25, 0.3) is 0 Å². The molecule has 0 saturated carbocycles. The Morgan fingerprint density at radius 3 is 2.60 bits per heavy atom. The summed E-state index contributed by atoms with van der Waals surface area (Å²) in [6.45, 7) is 3.20. The van der Waals surface area contributed by atoms with Gasteiger partial charge in [0.05, 0.1) is 13.2 Å². The summed E-state index contributed by atoms with van der Waals surface area (Å²) in [6, 6.07) is 11.6. The van der Waals surface area contributed by atoms with E-state index in [1.54, 1.807) is 12.3 Å². The fourth-order valence-corrected chi connectivity index (χ4v) is 1.68. The average molecular weight is 273 g/mol. The number of aromatic nitrogens is 1. The number of hydrogen-bond donors (Lipinski definition) is 2. The number of benzene rings is 1. The molecule has 0 amide bonds. The van der Waals surface area contributed by atoms with Gasteiger partial charge in [0.2, 0.25) is 0 Å². The minimum absolute atomic E-state index is 0.534. The van der Waals surface area contributed by atoms with Crippen molar-refractivity contribution in [2.75, 3.05) is 18.6 Å². The monoisotopic (exact) mass is 273 g/mol. The van der Waals surface area contributed by atoms with E-state index in [1.807, 2.05) is 30.3 Å². The lowest BCUT2D eigenvalue weighted by molar-refractivity contribution is 0.247. The Labute approximate surface area is 118 Å². The third-order valence-electron chi connectivity index (χ3n) is 2.74. The van der Waals surface area contributed by atoms with Gasteiger partial charge in [-0.3, -0.25) is 0 Å². The second-order valence-corrected chi connectivity index (χ2v) is 4.36. The average Bonchev–Trinajstić information content (AvgIpc) is 2.49. The Bertz CT molecular complexity index is 529. The minimum atomic E-state index is 0.534. The number of nitrogens with one attached hydrogen (secondary N) is 1. The third kappa shape index (κ3) is 4.13. The number of ether oxygens (including phenoxy) is 2. The van der Waals surface area contributed by atoms with Crippen molar-refractivity contribution >= 4 is 5.82 Å². The highest BCUT2D eigenvalue weighted by Crippen LogP contribution is 2.19. The van der Waals surface area contributed by atoms with Gasteiger partial charge in [0, 0.05) is 12.6 Å². The molecule has 0 fully saturated rings. The fraction of sp³-hybridized carbons (Fsp3) is 0.267. The normalized spacial score (nSPS) is 10.1. The van der Waals surface area contributed by atoms with Crippen LogP contribution < -0.4 is 20.7 Å². The first-order chi connectivity index (χ1) is 9.79. The van der Waals surface area contributed by atoms with Crippen molar-refractivity contribution in [2.45, 2.75) is 13.3 Å². The van der Waals surface area contributed by atoms with Crippen LogP contribution in [0.15, 0.2) is 42.6 Å². The van der Waals surface area contributed by atoms with Crippen molar-refractivity contribution in [3.05, 3.63) is 48.2 Å². The van der Waals surface area contributed by atoms with Gasteiger partial charge < -0.3 is 14.9 Å². The molecule has 1 aromatic heterocycles. The van der Waals surface area contributed by atoms with Crippen LogP contribution in [0.3, 0.4) is 0 Å². The molecule has 0 unspecified atom stereocenters. The zero-order valence-corrected chi connectivity index (χ0v) is 11.5. The van der Waals surface area contributed by atoms with Gasteiger partial charge in [-0.2, -0.15) is 0 Å². The number of nitrogens with two attached hydrogens (primary N) is 1. The molecule has 0 atom stereocenters. The molecule has 0 spiro atoms. The predicted octanol–water partition coefficient (Wildman–Crippen LogP) is 2.52. The Balaban J connectivity index is 1.70. The molecule has 0 aliphatic rings. The van der Waals surface area contributed by atoms with Crippen LogP contribution in [0.1, 0.15) is 12.0 Å². The smallest absolute Gasteiger partial charge is 0.182 e. The standard InChI is InChI=1S/C15H19N3O2/c1-12-5-7-13(8-6-12)19-10-3-11-20-14-4-2-9-17-15(14)18-16/h2,4-9H,3,10-11,16H2,1H3,(H,17,18). The topological polar surface area (TPSA) is 69.4 Å². The van der Waals surface area contributed by atoms with Gasteiger partial charge in [-0.15, -0.1) is 0 Å². The highest BCUT2D eigenvalue weighted by Gasteiger charge is 2.02. The van der Waals surface area contributed by atoms with E-state index < -0.39 is 0 Å². The first kappa shape index (κ1) is 14.1. The van der Waals surface area contributed by atoms with E-state index in [9.17, 15) is 0 Å². The number of pyridine rings is 1. The highest BCUT2D eigenvalue weighted by atomic mass is 16.5. The summed E-state index contributed by atoms with van der Waals surface area (Å²) >= 11 is 0. The molecular formula is C15H19N3O2. The molecule has 0 radical (unpaired) electrons. The van der Waals surface area contributed by atoms with E-state index in [1.165, 1.54) is 5.56 Å². The molecule has 5 heteroatoms. The summed E-state index contributed by atoms with van der Waals surface area (Å²) in [4.78, 5) is 4.06. The minimum Gasteiger partial charge on any atom is -0.493 e. The summed E-state index contributed by atoms with van der Waals surface area (Å²) in [5, 5.41) is 0. The van der Waals surface area contributed by atoms with Crippen LogP contribution in [0.5, 0.6) is 11.5 Å². The van der Waals surface area contributed by atoms with Crippen molar-refractivity contribution in [2.24, 2.45) is 5.84 Å². The van der Waals surface area contributed by atoms with Crippen LogP contribution in [0.2, 0.25) is 0 Å². The third-order valence-corrected chi connectivity index (χ3v) is 2.74. The Kier molecular flexibility index (Phi) is 5.20. The quantitative estimate of drug-likeness (QED) is 0.461. The summed E-state index contributed by atoms with van der Waals surface area (Å²) in [6.07, 6.45) is 2.44. The SMILES string of the molecule is Cc1ccc(OCCCOc2cccnc2NN)cc1. The number of aryl methyl sites for hydroxylation is 1. The van der Waals surface area contributed by atoms with E-state index in [4.69, 9.17) is 15.3 Å². The molecule has 0 aliphatic heterocycles. The van der Waals surface area contributed by atoms with Crippen LogP contribution in [0.25, 0.3) is 0 Å². The molecule has 1 heterocycles. The van der Waals surface area contributed by atoms with Gasteiger partial charge in [0.15, 0.2) is 11.6 Å². The number of nitrogens with zero attached hydrogens (tertiary/aromatic N) is 1. The van der Waals surface area contributed by atoms with Crippen molar-refractivity contribution in [3.63, 3.8) is 0 Å². The van der Waals surface area contributed by atoms with Crippen LogP contribution in [0.4, 0.5) is 5.82 Å². The molecule has 0 bridgehead atoms. The summed E-state index contributed by atoms with van der Waals surface area (Å²) in [5.41, 5.74) is 3.72. The van der Waals surface area contributed by atoms with Crippen LogP contribution in [-0.2, 0) is 0 Å². The molecular weight excluding hydrogens is 254 g/mol. The maximum atomic E-state index is 5.62. The molecule has 0 saturated heterocycles. The summed E-state index contributed by atoms with van der Waals surface area (Å²) in [7, 11) is 0. The molecule has 20 heavy (non-hydrogen) atoms. The first-order valence-electron chi connectivity index (χ1n) is 6.53. The van der Waals surface area contributed by atoms with Crippen molar-refractivity contribution in [3.8, 4) is 11.5 Å². The molecule has 2 aromatic rings. The molecule has 0 aliphatic carbocycles. The Morgan fingerprint density at radius 2 is 1.85 bits per heavy atom. The second-order valence-electron chi connectivity index (χ2n) is 4.36. The van der Waals surface area contributed by atoms with Crippen molar-refractivity contribution < 1.29 is 9.47 Å². The van der Waals surface area contributed by atoms with E-state index in [2.05, 4.69) is 17.3 Å². The van der Waals surface area contributed by atoms with Gasteiger partial charge in [-0.1, -0.05) is 17.7 Å². The summed E-state index contributed by atoms with van der Waals surface area (Å²) in [5.74, 6) is 7.41. The zero-order valence-electron chi connectivity index (χ0n) is 11.5. The van der Waals surface area contributed by atoms with Gasteiger partial charge in [-0.25, -0.2) is 10.8 Å². The maximum absolute atomic E-state index is 5.62. The number of hydrazine groups is 1. The second kappa shape index (κ2) is 7.35. The van der Waals surface area contributed by atoms with E-state index in [-0.39, 0.29) is 0 Å². The lowest BCUT2D eigenvalue weighted by Gasteiger charge is -2.10. The maximum Gasteiger partial charge on any atom is 0.182 e. The van der Waals surface area contributed by atoms with Crippen LogP contribution in [-0.4, -0.2) is 18.2 Å². The van der Waals surface area contributed by atoms with Crippen LogP contribution in [0, 0.1) is 6.92 Å². The van der Waals surface area contributed by atoms with Gasteiger partial charge in [0.1, 0.15) is 5.75 Å². The fourth-order valence-electron chi connectivity index (χ4n) is 1.68. The molecule has 2 rings (SSSR count). The van der Waals surface area contributed by atoms with Crippen LogP contribution >= 0.6 is 0 Å². The number of nitrogen functional groups attached to an aromatic ring is 1. The lowest BCUT2D eigenvalue weighted by Crippen LogP contribution is -2.11. The van der Waals surface area contributed by atoms with E-state index in [0.29, 0.717) is 24.8 Å². The van der Waals surface area contributed by atoms with Gasteiger partial charge >= 0.3 is 0 Å².